The lowest BCUT2D eigenvalue weighted by Gasteiger charge is -2.09. The Morgan fingerprint density at radius 2 is 1.95 bits per heavy atom. The number of benzene rings is 1. The van der Waals surface area contributed by atoms with Crippen molar-refractivity contribution in [1.29, 1.82) is 0 Å². The minimum atomic E-state index is -3.73. The Balaban J connectivity index is 2.32. The lowest BCUT2D eigenvalue weighted by atomic mass is 10.2. The second-order valence-electron chi connectivity index (χ2n) is 4.20. The second-order valence-corrected chi connectivity index (χ2v) is 5.88. The number of anilines is 2. The Morgan fingerprint density at radius 3 is 2.60 bits per heavy atom. The number of hydrogen-bond acceptors (Lipinski definition) is 4. The van der Waals surface area contributed by atoms with Gasteiger partial charge in [-0.15, -0.1) is 0 Å². The molecule has 1 heterocycles. The zero-order valence-electron chi connectivity index (χ0n) is 11.0. The molecule has 106 valence electrons. The monoisotopic (exact) mass is 295 g/mol. The van der Waals surface area contributed by atoms with Crippen LogP contribution >= 0.6 is 0 Å². The summed E-state index contributed by atoms with van der Waals surface area (Å²) in [6.07, 6.45) is 1.40. The van der Waals surface area contributed by atoms with Crippen molar-refractivity contribution in [2.24, 2.45) is 0 Å². The van der Waals surface area contributed by atoms with Gasteiger partial charge in [0.2, 0.25) is 0 Å². The lowest BCUT2D eigenvalue weighted by molar-refractivity contribution is 0.600. The van der Waals surface area contributed by atoms with Crippen LogP contribution in [0.2, 0.25) is 0 Å². The first-order valence-corrected chi connectivity index (χ1v) is 7.33. The Labute approximate surface area is 116 Å². The van der Waals surface area contributed by atoms with E-state index in [4.69, 9.17) is 0 Å². The lowest BCUT2D eigenvalue weighted by Crippen LogP contribution is -2.13. The summed E-state index contributed by atoms with van der Waals surface area (Å²) in [5.74, 6) is 0.0671. The molecule has 2 N–H and O–H groups in total. The van der Waals surface area contributed by atoms with Crippen molar-refractivity contribution in [3.8, 4) is 0 Å². The number of rotatable bonds is 4. The maximum atomic E-state index is 13.2. The third kappa shape index (κ3) is 3.05. The molecule has 2 aromatic rings. The largest absolute Gasteiger partial charge is 0.373 e. The summed E-state index contributed by atoms with van der Waals surface area (Å²) in [7, 11) is -2.08. The average Bonchev–Trinajstić information content (AvgIpc) is 2.43. The first-order chi connectivity index (χ1) is 9.42. The molecule has 0 unspecified atom stereocenters. The van der Waals surface area contributed by atoms with Crippen molar-refractivity contribution < 1.29 is 12.8 Å². The van der Waals surface area contributed by atoms with Crippen LogP contribution in [-0.4, -0.2) is 20.4 Å². The van der Waals surface area contributed by atoms with Gasteiger partial charge in [0.25, 0.3) is 10.0 Å². The first kappa shape index (κ1) is 14.3. The molecule has 5 nitrogen and oxygen atoms in total. The van der Waals surface area contributed by atoms with E-state index in [-0.39, 0.29) is 10.7 Å². The summed E-state index contributed by atoms with van der Waals surface area (Å²) < 4.78 is 40.0. The number of hydrogen-bond donors (Lipinski definition) is 2. The van der Waals surface area contributed by atoms with Crippen LogP contribution in [0.5, 0.6) is 0 Å². The number of aromatic nitrogens is 1. The van der Waals surface area contributed by atoms with E-state index in [1.165, 1.54) is 36.5 Å². The van der Waals surface area contributed by atoms with Gasteiger partial charge >= 0.3 is 0 Å². The van der Waals surface area contributed by atoms with Crippen LogP contribution in [0.4, 0.5) is 15.9 Å². The SMILES string of the molecule is CNc1cc(S(=O)(=O)Nc2ccc(F)c(C)c2)ccn1. The summed E-state index contributed by atoms with van der Waals surface area (Å²) in [6, 6.07) is 6.84. The summed E-state index contributed by atoms with van der Waals surface area (Å²) >= 11 is 0. The van der Waals surface area contributed by atoms with Crippen LogP contribution in [0.1, 0.15) is 5.56 Å². The summed E-state index contributed by atoms with van der Waals surface area (Å²) in [5, 5.41) is 2.77. The predicted molar refractivity (Wildman–Crippen MR) is 75.7 cm³/mol. The maximum absolute atomic E-state index is 13.2. The Kier molecular flexibility index (Phi) is 3.89. The molecule has 1 aromatic heterocycles. The van der Waals surface area contributed by atoms with Gasteiger partial charge in [-0.1, -0.05) is 0 Å². The first-order valence-electron chi connectivity index (χ1n) is 5.85. The minimum absolute atomic E-state index is 0.0822. The van der Waals surface area contributed by atoms with Crippen molar-refractivity contribution in [2.75, 3.05) is 17.1 Å². The fourth-order valence-electron chi connectivity index (χ4n) is 1.64. The van der Waals surface area contributed by atoms with E-state index in [1.54, 1.807) is 14.0 Å². The van der Waals surface area contributed by atoms with Gasteiger partial charge in [0.1, 0.15) is 11.6 Å². The molecule has 1 aromatic carbocycles. The predicted octanol–water partition coefficient (Wildman–Crippen LogP) is 2.37. The number of nitrogens with one attached hydrogen (secondary N) is 2. The van der Waals surface area contributed by atoms with Crippen LogP contribution < -0.4 is 10.0 Å². The van der Waals surface area contributed by atoms with E-state index in [1.807, 2.05) is 0 Å². The zero-order chi connectivity index (χ0) is 14.8. The highest BCUT2D eigenvalue weighted by Gasteiger charge is 2.15. The molecule has 7 heteroatoms. The molecule has 0 saturated heterocycles. The van der Waals surface area contributed by atoms with Gasteiger partial charge in [0, 0.05) is 25.0 Å². The number of nitrogens with zero attached hydrogens (tertiary/aromatic N) is 1. The van der Waals surface area contributed by atoms with Gasteiger partial charge < -0.3 is 5.32 Å². The fraction of sp³-hybridized carbons (Fsp3) is 0.154. The Bertz CT molecular complexity index is 732. The van der Waals surface area contributed by atoms with E-state index in [2.05, 4.69) is 15.0 Å². The van der Waals surface area contributed by atoms with E-state index in [9.17, 15) is 12.8 Å². The normalized spacial score (nSPS) is 11.2. The van der Waals surface area contributed by atoms with Gasteiger partial charge in [0.05, 0.1) is 4.90 Å². The molecule has 0 fully saturated rings. The number of halogens is 1. The highest BCUT2D eigenvalue weighted by Crippen LogP contribution is 2.19. The molecule has 2 rings (SSSR count). The molecular formula is C13H14FN3O2S. The van der Waals surface area contributed by atoms with Crippen LogP contribution in [0.3, 0.4) is 0 Å². The molecule has 0 bridgehead atoms. The van der Waals surface area contributed by atoms with Crippen LogP contribution in [0, 0.1) is 12.7 Å². The van der Waals surface area contributed by atoms with Gasteiger partial charge in [-0.05, 0) is 36.8 Å². The molecule has 0 aliphatic heterocycles. The van der Waals surface area contributed by atoms with Crippen LogP contribution in [0.25, 0.3) is 0 Å². The molecule has 0 spiro atoms. The molecule has 0 aliphatic carbocycles. The van der Waals surface area contributed by atoms with Gasteiger partial charge in [0.15, 0.2) is 0 Å². The van der Waals surface area contributed by atoms with Crippen molar-refractivity contribution in [3.63, 3.8) is 0 Å². The summed E-state index contributed by atoms with van der Waals surface area (Å²) in [6.45, 7) is 1.57. The van der Waals surface area contributed by atoms with Gasteiger partial charge in [-0.25, -0.2) is 17.8 Å². The van der Waals surface area contributed by atoms with Crippen molar-refractivity contribution in [1.82, 2.24) is 4.98 Å². The third-order valence-corrected chi connectivity index (χ3v) is 4.09. The molecule has 20 heavy (non-hydrogen) atoms. The highest BCUT2D eigenvalue weighted by molar-refractivity contribution is 7.92. The Hall–Kier alpha value is -2.15. The second kappa shape index (κ2) is 5.46. The molecule has 0 atom stereocenters. The number of aryl methyl sites for hydroxylation is 1. The molecule has 0 amide bonds. The molecule has 0 aliphatic rings. The van der Waals surface area contributed by atoms with Crippen molar-refractivity contribution >= 4 is 21.5 Å². The number of pyridine rings is 1. The van der Waals surface area contributed by atoms with Crippen LogP contribution in [-0.2, 0) is 10.0 Å². The van der Waals surface area contributed by atoms with E-state index < -0.39 is 10.0 Å². The Morgan fingerprint density at radius 1 is 1.20 bits per heavy atom. The third-order valence-electron chi connectivity index (χ3n) is 2.71. The zero-order valence-corrected chi connectivity index (χ0v) is 11.8. The van der Waals surface area contributed by atoms with E-state index in [0.29, 0.717) is 17.1 Å². The average molecular weight is 295 g/mol. The molecular weight excluding hydrogens is 281 g/mol. The quantitative estimate of drug-likeness (QED) is 0.908. The van der Waals surface area contributed by atoms with E-state index in [0.717, 1.165) is 0 Å². The van der Waals surface area contributed by atoms with Gasteiger partial charge in [-0.3, -0.25) is 4.72 Å². The molecule has 0 radical (unpaired) electrons. The minimum Gasteiger partial charge on any atom is -0.373 e. The summed E-state index contributed by atoms with van der Waals surface area (Å²) in [4.78, 5) is 4.03. The highest BCUT2D eigenvalue weighted by atomic mass is 32.2. The smallest absolute Gasteiger partial charge is 0.262 e. The van der Waals surface area contributed by atoms with Gasteiger partial charge in [-0.2, -0.15) is 0 Å². The van der Waals surface area contributed by atoms with Crippen molar-refractivity contribution in [2.45, 2.75) is 11.8 Å². The van der Waals surface area contributed by atoms with Crippen molar-refractivity contribution in [3.05, 3.63) is 47.9 Å². The maximum Gasteiger partial charge on any atom is 0.262 e. The fourth-order valence-corrected chi connectivity index (χ4v) is 2.70. The summed E-state index contributed by atoms with van der Waals surface area (Å²) in [5.41, 5.74) is 0.683. The number of sulfonamides is 1. The van der Waals surface area contributed by atoms with Crippen LogP contribution in [0.15, 0.2) is 41.4 Å². The van der Waals surface area contributed by atoms with E-state index >= 15 is 0 Å². The molecule has 0 saturated carbocycles. The topological polar surface area (TPSA) is 71.1 Å². The standard InChI is InChI=1S/C13H14FN3O2S/c1-9-7-10(3-4-12(9)14)17-20(18,19)11-5-6-16-13(8-11)15-2/h3-8,17H,1-2H3,(H,15,16).